The SMILES string of the molecule is [Nb].[Pb].[Ti].[Yb].[Zr]. The van der Waals surface area contributed by atoms with Crippen molar-refractivity contribution in [2.45, 2.75) is 0 Å². The summed E-state index contributed by atoms with van der Waals surface area (Å²) in [6, 6.07) is 0. The van der Waals surface area contributed by atoms with Crippen molar-refractivity contribution in [1.82, 2.24) is 0 Å². The minimum absolute atomic E-state index is 0. The summed E-state index contributed by atoms with van der Waals surface area (Å²) in [6.07, 6.45) is 0. The van der Waals surface area contributed by atoms with E-state index in [-0.39, 0.29) is 145 Å². The zero-order chi connectivity index (χ0) is 0. The molecule has 0 amide bonds. The van der Waals surface area contributed by atoms with Crippen LogP contribution >= 0.6 is 0 Å². The van der Waals surface area contributed by atoms with Crippen LogP contribution in [0, 0.1) is 46.9 Å². The molecule has 0 spiro atoms. The molecule has 5 radical (unpaired) electrons. The Labute approximate surface area is 140 Å². The van der Waals surface area contributed by atoms with Gasteiger partial charge < -0.3 is 0 Å². The molecule has 31 valence electrons. The third kappa shape index (κ3) is 17.7. The first-order valence-corrected chi connectivity index (χ1v) is 0. The number of hydrogen-bond acceptors (Lipinski definition) is 0. The van der Waals surface area contributed by atoms with Crippen molar-refractivity contribution in [3.05, 3.63) is 0 Å². The van der Waals surface area contributed by atoms with Crippen molar-refractivity contribution in [1.29, 1.82) is 0 Å². The van der Waals surface area contributed by atoms with E-state index in [9.17, 15) is 0 Å². The molecule has 0 N–H and O–H groups in total. The van der Waals surface area contributed by atoms with Crippen molar-refractivity contribution < 1.29 is 117 Å². The summed E-state index contributed by atoms with van der Waals surface area (Å²) < 4.78 is 0. The Hall–Kier alpha value is 4.78. The van der Waals surface area contributed by atoms with Gasteiger partial charge in [-0.05, 0) is 0 Å². The van der Waals surface area contributed by atoms with Gasteiger partial charge in [0, 0.05) is 145 Å². The second-order valence-corrected chi connectivity index (χ2v) is 0. The van der Waals surface area contributed by atoms with E-state index in [1.165, 1.54) is 0 Å². The van der Waals surface area contributed by atoms with Crippen molar-refractivity contribution in [2.75, 3.05) is 0 Å². The van der Waals surface area contributed by atoms with Crippen LogP contribution in [0.3, 0.4) is 0 Å². The topological polar surface area (TPSA) is 0 Å². The van der Waals surface area contributed by atoms with Gasteiger partial charge in [0.1, 0.15) is 0 Å². The van der Waals surface area contributed by atoms with Crippen LogP contribution in [0.15, 0.2) is 0 Å². The molecule has 0 saturated heterocycles. The molecule has 0 aromatic carbocycles. The van der Waals surface area contributed by atoms with E-state index in [0.29, 0.717) is 0 Å². The maximum atomic E-state index is 0. The fourth-order valence-electron chi connectivity index (χ4n) is 0. The Morgan fingerprint density at radius 3 is 1.00 bits per heavy atom. The van der Waals surface area contributed by atoms with E-state index in [1.54, 1.807) is 0 Å². The molecule has 0 saturated carbocycles. The molecule has 0 atom stereocenters. The average Bonchev–Trinajstić information content (AvgIpc) is 0. The summed E-state index contributed by atoms with van der Waals surface area (Å²) in [5.41, 5.74) is 0. The van der Waals surface area contributed by atoms with E-state index in [2.05, 4.69) is 0 Å². The average molecular weight is 612 g/mol. The van der Waals surface area contributed by atoms with Gasteiger partial charge in [-0.2, -0.15) is 0 Å². The molecule has 0 rings (SSSR count). The normalized spacial score (nSPS) is 0. The van der Waals surface area contributed by atoms with Crippen molar-refractivity contribution in [2.24, 2.45) is 0 Å². The van der Waals surface area contributed by atoms with Gasteiger partial charge in [-0.3, -0.25) is 0 Å². The van der Waals surface area contributed by atoms with Crippen LogP contribution in [0.1, 0.15) is 0 Å². The Bertz CT molecular complexity index is 11.6. The third-order valence-electron chi connectivity index (χ3n) is 0. The molecule has 0 aliphatic rings. The molecule has 0 aliphatic carbocycles. The van der Waals surface area contributed by atoms with Crippen LogP contribution < -0.4 is 0 Å². The first kappa shape index (κ1) is 33.0. The molecule has 0 nitrogen and oxygen atoms in total. The van der Waals surface area contributed by atoms with E-state index < -0.39 is 0 Å². The summed E-state index contributed by atoms with van der Waals surface area (Å²) >= 11 is 0. The second kappa shape index (κ2) is 23.3. The van der Waals surface area contributed by atoms with Crippen LogP contribution in [0.5, 0.6) is 0 Å². The van der Waals surface area contributed by atoms with E-state index >= 15 is 0 Å². The monoisotopic (exact) mass is 613 g/mol. The molecule has 5 heteroatoms. The second-order valence-electron chi connectivity index (χ2n) is 0. The summed E-state index contributed by atoms with van der Waals surface area (Å²) in [5, 5.41) is 0. The van der Waals surface area contributed by atoms with Crippen molar-refractivity contribution >= 4 is 27.3 Å². The van der Waals surface area contributed by atoms with E-state index in [1.807, 2.05) is 0 Å². The molecule has 0 aliphatic heterocycles. The summed E-state index contributed by atoms with van der Waals surface area (Å²) in [7, 11) is 0. The molecule has 5 heavy (non-hydrogen) atoms. The molecule has 0 bridgehead atoms. The molecule has 0 fully saturated rings. The predicted molar refractivity (Wildman–Crippen MR) is 5.75 cm³/mol. The van der Waals surface area contributed by atoms with Crippen molar-refractivity contribution in [3.8, 4) is 0 Å². The van der Waals surface area contributed by atoms with Crippen LogP contribution in [-0.2, 0) is 70.3 Å². The fraction of sp³-hybridized carbons (Fsp3) is 0. The Morgan fingerprint density at radius 2 is 1.00 bits per heavy atom. The standard InChI is InChI=1S/Nb.Pb.Ti.Yb.Zr. The van der Waals surface area contributed by atoms with Gasteiger partial charge in [0.05, 0.1) is 0 Å². The zero-order valence-corrected chi connectivity index (χ0v) is 14.0. The Morgan fingerprint density at radius 1 is 1.00 bits per heavy atom. The van der Waals surface area contributed by atoms with Gasteiger partial charge in [0.15, 0.2) is 0 Å². The quantitative estimate of drug-likeness (QED) is 0.328. The van der Waals surface area contributed by atoms with Crippen LogP contribution in [0.2, 0.25) is 0 Å². The van der Waals surface area contributed by atoms with Crippen LogP contribution in [0.25, 0.3) is 0 Å². The van der Waals surface area contributed by atoms with Gasteiger partial charge in [-0.25, -0.2) is 0 Å². The summed E-state index contributed by atoms with van der Waals surface area (Å²) in [5.74, 6) is 0. The fourth-order valence-corrected chi connectivity index (χ4v) is 0. The van der Waals surface area contributed by atoms with Gasteiger partial charge in [-0.15, -0.1) is 0 Å². The molecule has 0 unspecified atom stereocenters. The van der Waals surface area contributed by atoms with Gasteiger partial charge >= 0.3 is 0 Å². The van der Waals surface area contributed by atoms with E-state index in [0.717, 1.165) is 0 Å². The zero-order valence-electron chi connectivity index (χ0n) is 2.21. The minimum Gasteiger partial charge on any atom is 0 e. The molecular formula is NbPbTiYbZr. The van der Waals surface area contributed by atoms with Crippen LogP contribution in [0.4, 0.5) is 0 Å². The number of rotatable bonds is 0. The van der Waals surface area contributed by atoms with Crippen LogP contribution in [-0.4, -0.2) is 27.3 Å². The molecule has 0 aromatic rings. The Kier molecular flexibility index (Phi) is 154. The van der Waals surface area contributed by atoms with Crippen molar-refractivity contribution in [3.63, 3.8) is 0 Å². The largest absolute Gasteiger partial charge is 0 e. The molecular weight excluding hydrogens is 612 g/mol. The predicted octanol–water partition coefficient (Wildman–Crippen LogP) is -0.388. The van der Waals surface area contributed by atoms with Gasteiger partial charge in [0.2, 0.25) is 0 Å². The molecule has 0 aromatic heterocycles. The maximum Gasteiger partial charge on any atom is 0 e. The van der Waals surface area contributed by atoms with Gasteiger partial charge in [0.25, 0.3) is 0 Å². The number of hydrogen-bond donors (Lipinski definition) is 0. The maximum absolute atomic E-state index is 0. The molecule has 0 heterocycles. The summed E-state index contributed by atoms with van der Waals surface area (Å²) in [6.45, 7) is 0. The summed E-state index contributed by atoms with van der Waals surface area (Å²) in [4.78, 5) is 0. The first-order chi connectivity index (χ1) is 0. The van der Waals surface area contributed by atoms with Gasteiger partial charge in [-0.1, -0.05) is 0 Å². The Balaban J connectivity index is 0. The minimum atomic E-state index is 0. The van der Waals surface area contributed by atoms with E-state index in [4.69, 9.17) is 0 Å². The third-order valence-corrected chi connectivity index (χ3v) is 0. The smallest absolute Gasteiger partial charge is 0 e. The first-order valence-electron chi connectivity index (χ1n) is 0.